The van der Waals surface area contributed by atoms with E-state index in [-0.39, 0.29) is 41.7 Å². The van der Waals surface area contributed by atoms with Gasteiger partial charge < -0.3 is 25.0 Å². The molecule has 1 aromatic rings. The van der Waals surface area contributed by atoms with Gasteiger partial charge in [-0.2, -0.15) is 0 Å². The predicted molar refractivity (Wildman–Crippen MR) is 131 cm³/mol. The van der Waals surface area contributed by atoms with Crippen molar-refractivity contribution < 1.29 is 29.6 Å². The van der Waals surface area contributed by atoms with Gasteiger partial charge in [0.1, 0.15) is 6.61 Å². The summed E-state index contributed by atoms with van der Waals surface area (Å²) in [6.07, 6.45) is -1.77. The lowest BCUT2D eigenvalue weighted by Crippen LogP contribution is -2.51. The molecular formula is C23H32N2O6S2. The zero-order valence-corrected chi connectivity index (χ0v) is 21.0. The Balaban J connectivity index is 1.98. The number of nitrogens with zero attached hydrogens (tertiary/aromatic N) is 2. The minimum atomic E-state index is -1.35. The molecule has 3 rings (SSSR count). The van der Waals surface area contributed by atoms with Crippen LogP contribution in [0.1, 0.15) is 55.6 Å². The number of rotatable bonds is 7. The number of hydrogen-bond donors (Lipinski definition) is 3. The first kappa shape index (κ1) is 25.9. The van der Waals surface area contributed by atoms with Crippen LogP contribution in [0.2, 0.25) is 0 Å². The van der Waals surface area contributed by atoms with E-state index in [1.807, 2.05) is 13.8 Å². The number of carbonyl (C=O) groups is 2. The van der Waals surface area contributed by atoms with Gasteiger partial charge in [-0.25, -0.2) is 9.69 Å². The van der Waals surface area contributed by atoms with Crippen molar-refractivity contribution in [3.05, 3.63) is 41.0 Å². The van der Waals surface area contributed by atoms with Gasteiger partial charge in [-0.1, -0.05) is 47.6 Å². The van der Waals surface area contributed by atoms with Gasteiger partial charge in [-0.15, -0.1) is 0 Å². The summed E-state index contributed by atoms with van der Waals surface area (Å²) in [4.78, 5) is 29.2. The molecule has 2 aliphatic rings. The molecule has 0 saturated carbocycles. The van der Waals surface area contributed by atoms with Gasteiger partial charge in [0.05, 0.1) is 35.3 Å². The second kappa shape index (κ2) is 10.3. The van der Waals surface area contributed by atoms with Crippen molar-refractivity contribution in [2.75, 3.05) is 18.1 Å². The number of carbonyl (C=O) groups excluding carboxylic acids is 2. The van der Waals surface area contributed by atoms with Crippen molar-refractivity contribution in [2.24, 2.45) is 0 Å². The number of anilines is 1. The maximum Gasteiger partial charge on any atom is 0.416 e. The smallest absolute Gasteiger partial charge is 0.416 e. The number of fused-ring (bicyclic) bond motifs is 2. The molecule has 182 valence electrons. The van der Waals surface area contributed by atoms with Gasteiger partial charge >= 0.3 is 6.09 Å². The highest BCUT2D eigenvalue weighted by Crippen LogP contribution is 2.40. The van der Waals surface area contributed by atoms with Crippen LogP contribution in [0.3, 0.4) is 0 Å². The summed E-state index contributed by atoms with van der Waals surface area (Å²) < 4.78 is 5.26. The molecule has 2 aliphatic heterocycles. The zero-order chi connectivity index (χ0) is 24.5. The van der Waals surface area contributed by atoms with E-state index in [1.54, 1.807) is 21.6 Å². The summed E-state index contributed by atoms with van der Waals surface area (Å²) in [6, 6.07) is 2.27. The minimum Gasteiger partial charge on any atom is -0.448 e. The quantitative estimate of drug-likeness (QED) is 0.390. The summed E-state index contributed by atoms with van der Waals surface area (Å²) in [5.74, 6) is -0.369. The number of amides is 2. The van der Waals surface area contributed by atoms with E-state index in [1.165, 1.54) is 17.0 Å². The first-order valence-corrected chi connectivity index (χ1v) is 13.0. The number of aliphatic hydroxyl groups is 3. The van der Waals surface area contributed by atoms with Crippen LogP contribution in [0, 0.1) is 0 Å². The normalized spacial score (nSPS) is 20.7. The number of hydrogen-bond acceptors (Lipinski definition) is 8. The third-order valence-electron chi connectivity index (χ3n) is 5.52. The average Bonchev–Trinajstić information content (AvgIpc) is 3.14. The Hall–Kier alpha value is -1.72. The van der Waals surface area contributed by atoms with E-state index in [0.717, 1.165) is 10.5 Å². The molecule has 0 spiro atoms. The van der Waals surface area contributed by atoms with E-state index in [0.29, 0.717) is 22.8 Å². The van der Waals surface area contributed by atoms with Gasteiger partial charge in [0.25, 0.3) is 5.91 Å². The molecule has 0 aliphatic carbocycles. The number of ether oxygens (including phenoxy) is 1. The van der Waals surface area contributed by atoms with Gasteiger partial charge in [0, 0.05) is 11.8 Å². The largest absolute Gasteiger partial charge is 0.448 e. The first-order chi connectivity index (χ1) is 15.5. The maximum absolute atomic E-state index is 13.4. The van der Waals surface area contributed by atoms with Gasteiger partial charge in [-0.3, -0.25) is 4.79 Å². The molecule has 1 saturated heterocycles. The lowest BCUT2D eigenvalue weighted by molar-refractivity contribution is 0.0486. The van der Waals surface area contributed by atoms with Gasteiger partial charge in [0.2, 0.25) is 0 Å². The zero-order valence-electron chi connectivity index (χ0n) is 19.4. The van der Waals surface area contributed by atoms with Crippen molar-refractivity contribution >= 4 is 39.3 Å². The topological polar surface area (TPSA) is 111 Å². The van der Waals surface area contributed by atoms with Crippen molar-refractivity contribution in [1.82, 2.24) is 4.90 Å². The van der Waals surface area contributed by atoms with E-state index in [4.69, 9.17) is 4.74 Å². The third-order valence-corrected chi connectivity index (χ3v) is 9.36. The standard InChI is InChI=1S/C23H32N2O6S2/c1-13(2)32-33-23(4,5)12-31-22(30)25-18-8-16(11-27)15(10-26)7-17(18)20(28)24-9-14(3)6-19(24)21(25)29/h7-8,13,19,21,26-27,29H,3,6,9-12H2,1-2,4-5H3/t19-,21?/m0/s1. The minimum absolute atomic E-state index is 0.103. The lowest BCUT2D eigenvalue weighted by Gasteiger charge is -2.32. The van der Waals surface area contributed by atoms with E-state index < -0.39 is 25.0 Å². The number of benzene rings is 1. The maximum atomic E-state index is 13.4. The molecular weight excluding hydrogens is 464 g/mol. The molecule has 10 heteroatoms. The molecule has 33 heavy (non-hydrogen) atoms. The molecule has 1 aromatic carbocycles. The fraction of sp³-hybridized carbons (Fsp3) is 0.565. The molecule has 0 bridgehead atoms. The van der Waals surface area contributed by atoms with Crippen LogP contribution in [0.4, 0.5) is 10.5 Å². The van der Waals surface area contributed by atoms with Crippen molar-refractivity contribution in [2.45, 2.75) is 69.6 Å². The molecule has 8 nitrogen and oxygen atoms in total. The Labute approximate surface area is 202 Å². The second-order valence-electron chi connectivity index (χ2n) is 9.24. The van der Waals surface area contributed by atoms with Crippen molar-refractivity contribution in [3.63, 3.8) is 0 Å². The van der Waals surface area contributed by atoms with E-state index in [9.17, 15) is 24.9 Å². The van der Waals surface area contributed by atoms with Crippen molar-refractivity contribution in [3.8, 4) is 0 Å². The van der Waals surface area contributed by atoms with Crippen LogP contribution in [0.15, 0.2) is 24.3 Å². The second-order valence-corrected chi connectivity index (χ2v) is 12.7. The molecule has 0 aromatic heterocycles. The summed E-state index contributed by atoms with van der Waals surface area (Å²) >= 11 is 0. The summed E-state index contributed by atoms with van der Waals surface area (Å²) in [5.41, 5.74) is 1.84. The highest BCUT2D eigenvalue weighted by Gasteiger charge is 2.46. The molecule has 2 heterocycles. The highest BCUT2D eigenvalue weighted by molar-refractivity contribution is 8.77. The van der Waals surface area contributed by atoms with Crippen LogP contribution in [0.25, 0.3) is 0 Å². The number of aliphatic hydroxyl groups excluding tert-OH is 3. The van der Waals surface area contributed by atoms with E-state index >= 15 is 0 Å². The third kappa shape index (κ3) is 5.51. The SMILES string of the molecule is C=C1C[C@H]2C(O)N(C(=O)OCC(C)(C)SSC(C)C)c3cc(CO)c(CO)cc3C(=O)N2C1. The molecule has 0 radical (unpaired) electrons. The Morgan fingerprint density at radius 2 is 1.91 bits per heavy atom. The lowest BCUT2D eigenvalue weighted by atomic mass is 10.0. The highest BCUT2D eigenvalue weighted by atomic mass is 33.1. The Morgan fingerprint density at radius 1 is 1.27 bits per heavy atom. The van der Waals surface area contributed by atoms with Crippen LogP contribution >= 0.6 is 21.6 Å². The van der Waals surface area contributed by atoms with E-state index in [2.05, 4.69) is 20.4 Å². The van der Waals surface area contributed by atoms with Gasteiger partial charge in [-0.05, 0) is 43.5 Å². The molecule has 1 unspecified atom stereocenters. The first-order valence-electron chi connectivity index (χ1n) is 10.8. The Morgan fingerprint density at radius 3 is 2.52 bits per heavy atom. The summed E-state index contributed by atoms with van der Waals surface area (Å²) in [7, 11) is 3.31. The fourth-order valence-electron chi connectivity index (χ4n) is 3.89. The average molecular weight is 497 g/mol. The molecule has 3 N–H and O–H groups in total. The monoisotopic (exact) mass is 496 g/mol. The Bertz CT molecular complexity index is 936. The van der Waals surface area contributed by atoms with Crippen LogP contribution in [-0.2, 0) is 18.0 Å². The summed E-state index contributed by atoms with van der Waals surface area (Å²) in [5, 5.41) is 31.1. The van der Waals surface area contributed by atoms with Crippen LogP contribution in [0.5, 0.6) is 0 Å². The molecule has 2 atom stereocenters. The Kier molecular flexibility index (Phi) is 8.06. The summed E-state index contributed by atoms with van der Waals surface area (Å²) in [6.45, 7) is 11.7. The molecule has 2 amide bonds. The predicted octanol–water partition coefficient (Wildman–Crippen LogP) is 3.29. The van der Waals surface area contributed by atoms with Gasteiger partial charge in [0.15, 0.2) is 6.23 Å². The van der Waals surface area contributed by atoms with Crippen LogP contribution in [-0.4, -0.2) is 67.6 Å². The fourth-order valence-corrected chi connectivity index (χ4v) is 5.95. The van der Waals surface area contributed by atoms with Crippen LogP contribution < -0.4 is 4.90 Å². The molecule has 1 fully saturated rings. The van der Waals surface area contributed by atoms with Crippen molar-refractivity contribution in [1.29, 1.82) is 0 Å².